The molecule has 0 saturated heterocycles. The Bertz CT molecular complexity index is 772. The van der Waals surface area contributed by atoms with Crippen molar-refractivity contribution in [3.8, 4) is 5.75 Å². The molecule has 0 unspecified atom stereocenters. The molecule has 0 aliphatic rings. The van der Waals surface area contributed by atoms with Crippen LogP contribution in [0.4, 0.5) is 0 Å². The Morgan fingerprint density at radius 3 is 2.84 bits per heavy atom. The predicted octanol–water partition coefficient (Wildman–Crippen LogP) is 2.67. The molecule has 5 heteroatoms. The number of ether oxygens (including phenoxy) is 1. The summed E-state index contributed by atoms with van der Waals surface area (Å²) in [7, 11) is 0. The van der Waals surface area contributed by atoms with Gasteiger partial charge >= 0.3 is 5.63 Å². The molecule has 2 heterocycles. The summed E-state index contributed by atoms with van der Waals surface area (Å²) in [5.41, 5.74) is 0.928. The Morgan fingerprint density at radius 1 is 1.21 bits per heavy atom. The van der Waals surface area contributed by atoms with E-state index in [0.29, 0.717) is 17.1 Å². The van der Waals surface area contributed by atoms with Gasteiger partial charge in [0.1, 0.15) is 17.9 Å². The van der Waals surface area contributed by atoms with Gasteiger partial charge in [0.05, 0.1) is 5.69 Å². The Hall–Kier alpha value is -2.56. The lowest BCUT2D eigenvalue weighted by Crippen LogP contribution is -1.96. The molecule has 2 aromatic heterocycles. The highest BCUT2D eigenvalue weighted by molar-refractivity contribution is 5.77. The number of benzene rings is 1. The number of hydrogen-bond donors (Lipinski definition) is 0. The van der Waals surface area contributed by atoms with Gasteiger partial charge in [0.2, 0.25) is 0 Å². The number of aryl methyl sites for hydroxylation is 1. The van der Waals surface area contributed by atoms with Crippen LogP contribution in [0.1, 0.15) is 11.5 Å². The molecule has 0 saturated carbocycles. The van der Waals surface area contributed by atoms with Gasteiger partial charge in [-0.25, -0.2) is 4.79 Å². The summed E-state index contributed by atoms with van der Waals surface area (Å²) in [6, 6.07) is 10.2. The first-order valence-corrected chi connectivity index (χ1v) is 5.80. The van der Waals surface area contributed by atoms with Gasteiger partial charge in [-0.15, -0.1) is 0 Å². The van der Waals surface area contributed by atoms with Crippen molar-refractivity contribution < 1.29 is 13.7 Å². The number of fused-ring (bicyclic) bond motifs is 1. The zero-order chi connectivity index (χ0) is 13.2. The van der Waals surface area contributed by atoms with Gasteiger partial charge in [0.15, 0.2) is 5.76 Å². The quantitative estimate of drug-likeness (QED) is 0.675. The van der Waals surface area contributed by atoms with Gasteiger partial charge in [-0.2, -0.15) is 0 Å². The van der Waals surface area contributed by atoms with E-state index < -0.39 is 0 Å². The van der Waals surface area contributed by atoms with Crippen LogP contribution in [0.25, 0.3) is 11.0 Å². The average molecular weight is 257 g/mol. The Balaban J connectivity index is 1.83. The van der Waals surface area contributed by atoms with Crippen molar-refractivity contribution in [2.24, 2.45) is 0 Å². The molecule has 0 amide bonds. The number of aromatic nitrogens is 1. The second kappa shape index (κ2) is 4.61. The smallest absolute Gasteiger partial charge is 0.336 e. The van der Waals surface area contributed by atoms with E-state index in [1.54, 1.807) is 18.2 Å². The molecule has 19 heavy (non-hydrogen) atoms. The van der Waals surface area contributed by atoms with Gasteiger partial charge < -0.3 is 13.7 Å². The Morgan fingerprint density at radius 2 is 2.05 bits per heavy atom. The Kier molecular flexibility index (Phi) is 2.79. The predicted molar refractivity (Wildman–Crippen MR) is 68.1 cm³/mol. The zero-order valence-corrected chi connectivity index (χ0v) is 10.3. The Labute approximate surface area is 108 Å². The van der Waals surface area contributed by atoms with Gasteiger partial charge in [-0.3, -0.25) is 0 Å². The van der Waals surface area contributed by atoms with Crippen molar-refractivity contribution in [2.75, 3.05) is 0 Å². The summed E-state index contributed by atoms with van der Waals surface area (Å²) < 4.78 is 15.7. The molecule has 0 bridgehead atoms. The maximum absolute atomic E-state index is 11.1. The van der Waals surface area contributed by atoms with Crippen molar-refractivity contribution in [3.05, 3.63) is 58.3 Å². The van der Waals surface area contributed by atoms with E-state index in [4.69, 9.17) is 13.7 Å². The highest BCUT2D eigenvalue weighted by Crippen LogP contribution is 2.20. The lowest BCUT2D eigenvalue weighted by atomic mass is 10.2. The minimum absolute atomic E-state index is 0.281. The van der Waals surface area contributed by atoms with Gasteiger partial charge in [-0.1, -0.05) is 5.16 Å². The molecule has 0 N–H and O–H groups in total. The molecular weight excluding hydrogens is 246 g/mol. The molecule has 0 radical (unpaired) electrons. The number of rotatable bonds is 3. The van der Waals surface area contributed by atoms with E-state index in [2.05, 4.69) is 5.16 Å². The van der Waals surface area contributed by atoms with Crippen LogP contribution in [-0.2, 0) is 6.61 Å². The highest BCUT2D eigenvalue weighted by atomic mass is 16.5. The topological polar surface area (TPSA) is 65.5 Å². The molecular formula is C14H11NO4. The van der Waals surface area contributed by atoms with Crippen LogP contribution in [0, 0.1) is 6.92 Å². The molecule has 0 aliphatic heterocycles. The standard InChI is InChI=1S/C14H11NO4/c1-9-6-12(19-15-9)8-17-11-4-2-10-3-5-14(16)18-13(10)7-11/h2-7H,8H2,1H3. The number of hydrogen-bond acceptors (Lipinski definition) is 5. The fourth-order valence-electron chi connectivity index (χ4n) is 1.77. The summed E-state index contributed by atoms with van der Waals surface area (Å²) >= 11 is 0. The minimum Gasteiger partial charge on any atom is -0.485 e. The molecule has 3 aromatic rings. The maximum atomic E-state index is 11.1. The van der Waals surface area contributed by atoms with Crippen molar-refractivity contribution in [1.29, 1.82) is 0 Å². The second-order valence-electron chi connectivity index (χ2n) is 4.18. The van der Waals surface area contributed by atoms with E-state index in [0.717, 1.165) is 11.1 Å². The largest absolute Gasteiger partial charge is 0.485 e. The third kappa shape index (κ3) is 2.49. The molecule has 5 nitrogen and oxygen atoms in total. The minimum atomic E-state index is -0.379. The van der Waals surface area contributed by atoms with Crippen LogP contribution in [0.5, 0.6) is 5.75 Å². The average Bonchev–Trinajstić information content (AvgIpc) is 2.81. The molecule has 0 fully saturated rings. The van der Waals surface area contributed by atoms with Crippen LogP contribution in [0.15, 0.2) is 50.1 Å². The number of nitrogens with zero attached hydrogens (tertiary/aromatic N) is 1. The summed E-state index contributed by atoms with van der Waals surface area (Å²) in [6.45, 7) is 2.13. The molecule has 3 rings (SSSR count). The van der Waals surface area contributed by atoms with Crippen molar-refractivity contribution in [2.45, 2.75) is 13.5 Å². The van der Waals surface area contributed by atoms with E-state index in [1.807, 2.05) is 19.1 Å². The van der Waals surface area contributed by atoms with E-state index in [9.17, 15) is 4.79 Å². The van der Waals surface area contributed by atoms with Crippen LogP contribution >= 0.6 is 0 Å². The van der Waals surface area contributed by atoms with Crippen LogP contribution < -0.4 is 10.4 Å². The van der Waals surface area contributed by atoms with Crippen molar-refractivity contribution in [3.63, 3.8) is 0 Å². The fraction of sp³-hybridized carbons (Fsp3) is 0.143. The van der Waals surface area contributed by atoms with Gasteiger partial charge in [0.25, 0.3) is 0 Å². The SMILES string of the molecule is Cc1cc(COc2ccc3ccc(=O)oc3c2)on1. The first kappa shape index (κ1) is 11.5. The van der Waals surface area contributed by atoms with Crippen LogP contribution in [-0.4, -0.2) is 5.16 Å². The molecule has 0 aliphatic carbocycles. The summed E-state index contributed by atoms with van der Waals surface area (Å²) in [6.07, 6.45) is 0. The third-order valence-electron chi connectivity index (χ3n) is 2.65. The first-order valence-electron chi connectivity index (χ1n) is 5.80. The monoisotopic (exact) mass is 257 g/mol. The molecule has 96 valence electrons. The van der Waals surface area contributed by atoms with Crippen molar-refractivity contribution >= 4 is 11.0 Å². The van der Waals surface area contributed by atoms with Crippen LogP contribution in [0.2, 0.25) is 0 Å². The first-order chi connectivity index (χ1) is 9.20. The summed E-state index contributed by atoms with van der Waals surface area (Å²) in [4.78, 5) is 11.1. The van der Waals surface area contributed by atoms with E-state index >= 15 is 0 Å². The van der Waals surface area contributed by atoms with Crippen molar-refractivity contribution in [1.82, 2.24) is 5.16 Å². The van der Waals surface area contributed by atoms with Crippen LogP contribution in [0.3, 0.4) is 0 Å². The van der Waals surface area contributed by atoms with E-state index in [-0.39, 0.29) is 12.2 Å². The third-order valence-corrected chi connectivity index (χ3v) is 2.65. The highest BCUT2D eigenvalue weighted by Gasteiger charge is 2.04. The summed E-state index contributed by atoms with van der Waals surface area (Å²) in [5, 5.41) is 4.63. The lowest BCUT2D eigenvalue weighted by molar-refractivity contribution is 0.249. The zero-order valence-electron chi connectivity index (χ0n) is 10.3. The fourth-order valence-corrected chi connectivity index (χ4v) is 1.77. The second-order valence-corrected chi connectivity index (χ2v) is 4.18. The normalized spacial score (nSPS) is 10.8. The van der Waals surface area contributed by atoms with Gasteiger partial charge in [0, 0.05) is 23.6 Å². The van der Waals surface area contributed by atoms with Gasteiger partial charge in [-0.05, 0) is 25.1 Å². The molecule has 1 aromatic carbocycles. The summed E-state index contributed by atoms with van der Waals surface area (Å²) in [5.74, 6) is 1.25. The lowest BCUT2D eigenvalue weighted by Gasteiger charge is -2.04. The van der Waals surface area contributed by atoms with E-state index in [1.165, 1.54) is 6.07 Å². The molecule has 0 spiro atoms. The maximum Gasteiger partial charge on any atom is 0.336 e. The molecule has 0 atom stereocenters.